The lowest BCUT2D eigenvalue weighted by Crippen LogP contribution is -2.05. The highest BCUT2D eigenvalue weighted by molar-refractivity contribution is 5.66. The van der Waals surface area contributed by atoms with Crippen LogP contribution in [-0.4, -0.2) is 19.6 Å². The molecule has 0 aliphatic rings. The highest BCUT2D eigenvalue weighted by Crippen LogP contribution is 2.32. The first-order chi connectivity index (χ1) is 14.3. The van der Waals surface area contributed by atoms with Crippen molar-refractivity contribution >= 4 is 5.65 Å². The van der Waals surface area contributed by atoms with Gasteiger partial charge in [0.15, 0.2) is 5.65 Å². The van der Waals surface area contributed by atoms with E-state index in [0.717, 1.165) is 22.7 Å². The van der Waals surface area contributed by atoms with E-state index in [0.29, 0.717) is 11.1 Å². The van der Waals surface area contributed by atoms with E-state index in [1.807, 2.05) is 0 Å². The third-order valence-corrected chi connectivity index (χ3v) is 4.23. The highest BCUT2D eigenvalue weighted by atomic mass is 19.4. The molecule has 4 rings (SSSR count). The van der Waals surface area contributed by atoms with Crippen LogP contribution in [0, 0.1) is 11.8 Å². The van der Waals surface area contributed by atoms with Gasteiger partial charge >= 0.3 is 6.18 Å². The number of alkyl halides is 5. The molecular formula is C21H11F5N4. The molecule has 0 atom stereocenters. The first-order valence-corrected chi connectivity index (χ1v) is 8.59. The van der Waals surface area contributed by atoms with Gasteiger partial charge in [-0.25, -0.2) is 18.3 Å². The summed E-state index contributed by atoms with van der Waals surface area (Å²) in [6.45, 7) is 0. The Hall–Kier alpha value is -3.80. The minimum absolute atomic E-state index is 0.0825. The summed E-state index contributed by atoms with van der Waals surface area (Å²) < 4.78 is 66.5. The molecule has 1 aromatic carbocycles. The van der Waals surface area contributed by atoms with E-state index in [-0.39, 0.29) is 16.9 Å². The number of rotatable bonds is 2. The number of hydrogen-bond acceptors (Lipinski definition) is 3. The average molecular weight is 414 g/mol. The molecule has 0 amide bonds. The van der Waals surface area contributed by atoms with Crippen LogP contribution in [0.3, 0.4) is 0 Å². The molecule has 0 radical (unpaired) electrons. The third-order valence-electron chi connectivity index (χ3n) is 4.23. The standard InChI is InChI=1S/C21H11F5N4/c22-19(23)18-10-17(14-5-7-16(8-6-14)21(24,25)26)29-20-15(12-28-30(18)20)4-3-13-2-1-9-27-11-13/h1-2,5-12,19H. The van der Waals surface area contributed by atoms with Gasteiger partial charge in [0.2, 0.25) is 0 Å². The van der Waals surface area contributed by atoms with E-state index < -0.39 is 23.9 Å². The van der Waals surface area contributed by atoms with Crippen LogP contribution in [0.5, 0.6) is 0 Å². The first kappa shape index (κ1) is 19.5. The maximum Gasteiger partial charge on any atom is 0.416 e. The molecule has 3 aromatic heterocycles. The Morgan fingerprint density at radius 3 is 2.37 bits per heavy atom. The smallest absolute Gasteiger partial charge is 0.263 e. The van der Waals surface area contributed by atoms with E-state index in [1.54, 1.807) is 24.5 Å². The summed E-state index contributed by atoms with van der Waals surface area (Å²) in [6, 6.07) is 8.67. The van der Waals surface area contributed by atoms with E-state index in [4.69, 9.17) is 0 Å². The van der Waals surface area contributed by atoms with Crippen molar-refractivity contribution in [2.24, 2.45) is 0 Å². The summed E-state index contributed by atoms with van der Waals surface area (Å²) in [5, 5.41) is 3.94. The third kappa shape index (κ3) is 3.85. The van der Waals surface area contributed by atoms with Crippen LogP contribution in [0.15, 0.2) is 61.1 Å². The summed E-state index contributed by atoms with van der Waals surface area (Å²) in [6.07, 6.45) is -2.92. The second-order valence-corrected chi connectivity index (χ2v) is 6.23. The summed E-state index contributed by atoms with van der Waals surface area (Å²) in [7, 11) is 0. The number of benzene rings is 1. The van der Waals surface area contributed by atoms with E-state index >= 15 is 0 Å². The zero-order valence-electron chi connectivity index (χ0n) is 15.0. The minimum Gasteiger partial charge on any atom is -0.263 e. The molecule has 4 aromatic rings. The SMILES string of the molecule is FC(F)c1cc(-c2ccc(C(F)(F)F)cc2)nc2c(C#Cc3cccnc3)cnn12. The van der Waals surface area contributed by atoms with Gasteiger partial charge in [0.25, 0.3) is 6.43 Å². The van der Waals surface area contributed by atoms with Gasteiger partial charge in [0, 0.05) is 23.5 Å². The van der Waals surface area contributed by atoms with Crippen molar-refractivity contribution < 1.29 is 22.0 Å². The molecule has 0 aliphatic heterocycles. The lowest BCUT2D eigenvalue weighted by molar-refractivity contribution is -0.137. The van der Waals surface area contributed by atoms with Crippen molar-refractivity contribution in [1.82, 2.24) is 19.6 Å². The van der Waals surface area contributed by atoms with E-state index in [9.17, 15) is 22.0 Å². The fraction of sp³-hybridized carbons (Fsp3) is 0.0952. The highest BCUT2D eigenvalue weighted by Gasteiger charge is 2.30. The molecule has 30 heavy (non-hydrogen) atoms. The largest absolute Gasteiger partial charge is 0.416 e. The van der Waals surface area contributed by atoms with Gasteiger partial charge in [-0.1, -0.05) is 24.0 Å². The second-order valence-electron chi connectivity index (χ2n) is 6.23. The molecule has 0 unspecified atom stereocenters. The minimum atomic E-state index is -4.50. The molecule has 0 saturated carbocycles. The molecule has 0 N–H and O–H groups in total. The Morgan fingerprint density at radius 1 is 0.967 bits per heavy atom. The molecule has 9 heteroatoms. The van der Waals surface area contributed by atoms with Gasteiger partial charge in [-0.15, -0.1) is 0 Å². The van der Waals surface area contributed by atoms with Crippen molar-refractivity contribution in [3.8, 4) is 23.1 Å². The maximum absolute atomic E-state index is 13.6. The number of fused-ring (bicyclic) bond motifs is 1. The Balaban J connectivity index is 1.83. The Bertz CT molecular complexity index is 1250. The van der Waals surface area contributed by atoms with Gasteiger partial charge in [-0.3, -0.25) is 4.98 Å². The number of pyridine rings is 1. The monoisotopic (exact) mass is 414 g/mol. The fourth-order valence-electron chi connectivity index (χ4n) is 2.78. The second kappa shape index (κ2) is 7.55. The summed E-state index contributed by atoms with van der Waals surface area (Å²) in [4.78, 5) is 8.26. The number of nitrogens with zero attached hydrogens (tertiary/aromatic N) is 4. The van der Waals surface area contributed by atoms with Crippen LogP contribution in [0.1, 0.15) is 28.8 Å². The fourth-order valence-corrected chi connectivity index (χ4v) is 2.78. The summed E-state index contributed by atoms with van der Waals surface area (Å²) in [5.41, 5.74) is 0.0766. The van der Waals surface area contributed by atoms with Gasteiger partial charge in [-0.2, -0.15) is 18.3 Å². The van der Waals surface area contributed by atoms with Crippen LogP contribution in [0.4, 0.5) is 22.0 Å². The predicted molar refractivity (Wildman–Crippen MR) is 98.6 cm³/mol. The first-order valence-electron chi connectivity index (χ1n) is 8.59. The van der Waals surface area contributed by atoms with E-state index in [1.165, 1.54) is 18.3 Å². The molecule has 150 valence electrons. The van der Waals surface area contributed by atoms with Crippen molar-refractivity contribution in [2.75, 3.05) is 0 Å². The molecular weight excluding hydrogens is 403 g/mol. The van der Waals surface area contributed by atoms with Crippen LogP contribution < -0.4 is 0 Å². The molecule has 0 saturated heterocycles. The lowest BCUT2D eigenvalue weighted by atomic mass is 10.1. The van der Waals surface area contributed by atoms with Crippen molar-refractivity contribution in [3.05, 3.63) is 83.4 Å². The molecule has 4 nitrogen and oxygen atoms in total. The number of aromatic nitrogens is 4. The molecule has 3 heterocycles. The predicted octanol–water partition coefficient (Wildman–Crippen LogP) is 5.15. The number of hydrogen-bond donors (Lipinski definition) is 0. The Morgan fingerprint density at radius 2 is 1.73 bits per heavy atom. The molecule has 0 bridgehead atoms. The zero-order valence-corrected chi connectivity index (χ0v) is 15.0. The lowest BCUT2D eigenvalue weighted by Gasteiger charge is -2.10. The Labute approximate surface area is 167 Å². The van der Waals surface area contributed by atoms with Crippen LogP contribution in [0.25, 0.3) is 16.9 Å². The topological polar surface area (TPSA) is 43.1 Å². The van der Waals surface area contributed by atoms with Crippen molar-refractivity contribution in [3.63, 3.8) is 0 Å². The zero-order chi connectivity index (χ0) is 21.3. The quantitative estimate of drug-likeness (QED) is 0.337. The van der Waals surface area contributed by atoms with Gasteiger partial charge in [0.05, 0.1) is 23.0 Å². The summed E-state index contributed by atoms with van der Waals surface area (Å²) >= 11 is 0. The van der Waals surface area contributed by atoms with Gasteiger partial charge < -0.3 is 0 Å². The van der Waals surface area contributed by atoms with Crippen LogP contribution in [0.2, 0.25) is 0 Å². The summed E-state index contributed by atoms with van der Waals surface area (Å²) in [5.74, 6) is 5.68. The van der Waals surface area contributed by atoms with E-state index in [2.05, 4.69) is 26.9 Å². The Kier molecular flexibility index (Phi) is 4.91. The van der Waals surface area contributed by atoms with Crippen LogP contribution >= 0.6 is 0 Å². The van der Waals surface area contributed by atoms with Crippen molar-refractivity contribution in [1.29, 1.82) is 0 Å². The average Bonchev–Trinajstić information content (AvgIpc) is 3.14. The number of halogens is 5. The molecule has 0 fully saturated rings. The van der Waals surface area contributed by atoms with Gasteiger partial charge in [0.1, 0.15) is 5.69 Å². The molecule has 0 aliphatic carbocycles. The normalized spacial score (nSPS) is 11.5. The van der Waals surface area contributed by atoms with Gasteiger partial charge in [-0.05, 0) is 30.3 Å². The van der Waals surface area contributed by atoms with Crippen molar-refractivity contribution in [2.45, 2.75) is 12.6 Å². The van der Waals surface area contributed by atoms with Crippen LogP contribution in [-0.2, 0) is 6.18 Å². The molecule has 0 spiro atoms. The maximum atomic E-state index is 13.6.